The Morgan fingerprint density at radius 3 is 2.76 bits per heavy atom. The highest BCUT2D eigenvalue weighted by molar-refractivity contribution is 9.10. The molecule has 1 atom stereocenters. The fourth-order valence-corrected chi connectivity index (χ4v) is 2.17. The van der Waals surface area contributed by atoms with Gasteiger partial charge in [0.2, 0.25) is 0 Å². The van der Waals surface area contributed by atoms with Crippen LogP contribution in [0.4, 0.5) is 14.5 Å². The van der Waals surface area contributed by atoms with Gasteiger partial charge < -0.3 is 15.5 Å². The van der Waals surface area contributed by atoms with Crippen LogP contribution in [0.1, 0.15) is 17.3 Å². The number of pyridine rings is 1. The van der Waals surface area contributed by atoms with Crippen LogP contribution in [0.25, 0.3) is 10.9 Å². The molecule has 0 fully saturated rings. The number of halogens is 3. The van der Waals surface area contributed by atoms with E-state index < -0.39 is 28.1 Å². The number of rotatable bonds is 4. The fourth-order valence-electron chi connectivity index (χ4n) is 1.86. The van der Waals surface area contributed by atoms with Crippen LogP contribution in [0.3, 0.4) is 0 Å². The predicted octanol–water partition coefficient (Wildman–Crippen LogP) is 2.77. The number of carboxylic acid groups (broad SMARTS) is 1. The Morgan fingerprint density at radius 2 is 2.19 bits per heavy atom. The molecule has 0 amide bonds. The molecule has 2 aromatic rings. The molecule has 0 saturated heterocycles. The van der Waals surface area contributed by atoms with Gasteiger partial charge in [0.15, 0.2) is 5.82 Å². The molecule has 0 bridgehead atoms. The highest BCUT2D eigenvalue weighted by atomic mass is 79.9. The molecule has 5 nitrogen and oxygen atoms in total. The topological polar surface area (TPSA) is 82.5 Å². The van der Waals surface area contributed by atoms with Gasteiger partial charge >= 0.3 is 5.97 Å². The summed E-state index contributed by atoms with van der Waals surface area (Å²) < 4.78 is 27.4. The van der Waals surface area contributed by atoms with Gasteiger partial charge in [0.1, 0.15) is 11.4 Å². The average molecular weight is 361 g/mol. The Kier molecular flexibility index (Phi) is 4.38. The average Bonchev–Trinajstić information content (AvgIpc) is 2.44. The summed E-state index contributed by atoms with van der Waals surface area (Å²) in [5, 5.41) is 20.8. The second-order valence-corrected chi connectivity index (χ2v) is 5.25. The minimum atomic E-state index is -1.31. The van der Waals surface area contributed by atoms with Gasteiger partial charge in [-0.15, -0.1) is 0 Å². The zero-order valence-corrected chi connectivity index (χ0v) is 12.4. The molecule has 1 aromatic heterocycles. The predicted molar refractivity (Wildman–Crippen MR) is 76.5 cm³/mol. The van der Waals surface area contributed by atoms with E-state index in [1.54, 1.807) is 6.92 Å². The lowest BCUT2D eigenvalue weighted by Gasteiger charge is -2.17. The number of nitrogens with one attached hydrogen (secondary N) is 1. The van der Waals surface area contributed by atoms with Crippen molar-refractivity contribution in [2.45, 2.75) is 13.0 Å². The molecule has 0 spiro atoms. The summed E-state index contributed by atoms with van der Waals surface area (Å²) in [5.41, 5.74) is -0.335. The third-order valence-electron chi connectivity index (χ3n) is 2.89. The van der Waals surface area contributed by atoms with Crippen LogP contribution < -0.4 is 5.32 Å². The van der Waals surface area contributed by atoms with Crippen molar-refractivity contribution in [1.29, 1.82) is 0 Å². The van der Waals surface area contributed by atoms with Crippen LogP contribution >= 0.6 is 15.9 Å². The van der Waals surface area contributed by atoms with Gasteiger partial charge in [0.25, 0.3) is 0 Å². The third-order valence-corrected chi connectivity index (χ3v) is 3.62. The lowest BCUT2D eigenvalue weighted by molar-refractivity contribution is 0.0697. The maximum absolute atomic E-state index is 14.3. The van der Waals surface area contributed by atoms with Crippen molar-refractivity contribution in [2.24, 2.45) is 0 Å². The Morgan fingerprint density at radius 1 is 1.52 bits per heavy atom. The Balaban J connectivity index is 2.83. The number of aromatic nitrogens is 1. The highest BCUT2D eigenvalue weighted by Gasteiger charge is 2.22. The Bertz CT molecular complexity index is 724. The molecule has 1 unspecified atom stereocenters. The number of aliphatic hydroxyl groups excluding tert-OH is 1. The van der Waals surface area contributed by atoms with Crippen molar-refractivity contribution >= 4 is 38.5 Å². The molecule has 1 heterocycles. The molecule has 0 aliphatic carbocycles. The van der Waals surface area contributed by atoms with Crippen molar-refractivity contribution in [3.8, 4) is 0 Å². The largest absolute Gasteiger partial charge is 0.478 e. The van der Waals surface area contributed by atoms with Gasteiger partial charge in [0, 0.05) is 18.3 Å². The van der Waals surface area contributed by atoms with E-state index in [9.17, 15) is 18.7 Å². The summed E-state index contributed by atoms with van der Waals surface area (Å²) in [6.45, 7) is 1.31. The number of aromatic carboxylic acids is 1. The Labute approximate surface area is 126 Å². The molecule has 3 N–H and O–H groups in total. The zero-order chi connectivity index (χ0) is 15.7. The highest BCUT2D eigenvalue weighted by Crippen LogP contribution is 2.34. The summed E-state index contributed by atoms with van der Waals surface area (Å²) in [6, 6.07) is 0.486. The number of carboxylic acids is 1. The van der Waals surface area contributed by atoms with Gasteiger partial charge in [-0.05, 0) is 22.9 Å². The molecule has 1 aromatic carbocycles. The first-order valence-corrected chi connectivity index (χ1v) is 6.73. The van der Waals surface area contributed by atoms with Crippen molar-refractivity contribution < 1.29 is 23.8 Å². The number of nitrogens with zero attached hydrogens (tertiary/aromatic N) is 1. The smallest absolute Gasteiger partial charge is 0.339 e. The SMILES string of the molecule is CC(CO)Nc1c(C(=O)O)cnc2cc(F)c(Br)c(F)c12. The lowest BCUT2D eigenvalue weighted by atomic mass is 10.1. The number of fused-ring (bicyclic) bond motifs is 1. The fraction of sp³-hybridized carbons (Fsp3) is 0.231. The summed E-state index contributed by atoms with van der Waals surface area (Å²) >= 11 is 2.78. The van der Waals surface area contributed by atoms with Gasteiger partial charge in [-0.2, -0.15) is 0 Å². The number of benzene rings is 1. The maximum atomic E-state index is 14.3. The summed E-state index contributed by atoms with van der Waals surface area (Å²) in [6.07, 6.45) is 1.02. The molecule has 112 valence electrons. The number of hydrogen-bond donors (Lipinski definition) is 3. The first kappa shape index (κ1) is 15.6. The van der Waals surface area contributed by atoms with Gasteiger partial charge in [-0.1, -0.05) is 0 Å². The van der Waals surface area contributed by atoms with Crippen LogP contribution in [0.15, 0.2) is 16.7 Å². The normalized spacial score (nSPS) is 12.4. The van der Waals surface area contributed by atoms with Crippen LogP contribution in [0, 0.1) is 11.6 Å². The van der Waals surface area contributed by atoms with Gasteiger partial charge in [-0.3, -0.25) is 4.98 Å². The zero-order valence-electron chi connectivity index (χ0n) is 10.8. The molecule has 0 aliphatic heterocycles. The second kappa shape index (κ2) is 5.90. The minimum absolute atomic E-state index is 0.0224. The van der Waals surface area contributed by atoms with Crippen LogP contribution in [-0.2, 0) is 0 Å². The molecular formula is C13H11BrF2N2O3. The molecule has 2 rings (SSSR count). The lowest BCUT2D eigenvalue weighted by Crippen LogP contribution is -2.21. The summed E-state index contributed by atoms with van der Waals surface area (Å²) in [5.74, 6) is -3.10. The summed E-state index contributed by atoms with van der Waals surface area (Å²) in [7, 11) is 0. The number of hydrogen-bond acceptors (Lipinski definition) is 4. The number of anilines is 1. The minimum Gasteiger partial charge on any atom is -0.478 e. The van der Waals surface area contributed by atoms with Crippen molar-refractivity contribution in [3.63, 3.8) is 0 Å². The number of aliphatic hydroxyl groups is 1. The van der Waals surface area contributed by atoms with E-state index in [1.807, 2.05) is 0 Å². The molecule has 0 aliphatic rings. The van der Waals surface area contributed by atoms with Crippen LogP contribution in [0.2, 0.25) is 0 Å². The van der Waals surface area contributed by atoms with Gasteiger partial charge in [-0.25, -0.2) is 13.6 Å². The van der Waals surface area contributed by atoms with Crippen LogP contribution in [-0.4, -0.2) is 33.8 Å². The molecule has 0 radical (unpaired) electrons. The summed E-state index contributed by atoms with van der Waals surface area (Å²) in [4.78, 5) is 15.0. The van der Waals surface area contributed by atoms with Gasteiger partial charge in [0.05, 0.1) is 27.7 Å². The van der Waals surface area contributed by atoms with Crippen molar-refractivity contribution in [2.75, 3.05) is 11.9 Å². The van der Waals surface area contributed by atoms with E-state index in [2.05, 4.69) is 26.2 Å². The van der Waals surface area contributed by atoms with E-state index >= 15 is 0 Å². The second-order valence-electron chi connectivity index (χ2n) is 4.46. The first-order valence-electron chi connectivity index (χ1n) is 5.93. The molecule has 21 heavy (non-hydrogen) atoms. The molecule has 8 heteroatoms. The molecular weight excluding hydrogens is 350 g/mol. The molecule has 0 saturated carbocycles. The monoisotopic (exact) mass is 360 g/mol. The van der Waals surface area contributed by atoms with E-state index in [1.165, 1.54) is 0 Å². The first-order chi connectivity index (χ1) is 9.86. The van der Waals surface area contributed by atoms with E-state index in [0.717, 1.165) is 12.3 Å². The van der Waals surface area contributed by atoms with E-state index in [4.69, 9.17) is 5.11 Å². The quantitative estimate of drug-likeness (QED) is 0.730. The maximum Gasteiger partial charge on any atom is 0.339 e. The van der Waals surface area contributed by atoms with E-state index in [-0.39, 0.29) is 28.8 Å². The Hall–Kier alpha value is -1.80. The van der Waals surface area contributed by atoms with E-state index in [0.29, 0.717) is 0 Å². The van der Waals surface area contributed by atoms with Crippen molar-refractivity contribution in [3.05, 3.63) is 33.9 Å². The number of carbonyl (C=O) groups is 1. The third kappa shape index (κ3) is 2.81. The van der Waals surface area contributed by atoms with Crippen LogP contribution in [0.5, 0.6) is 0 Å². The standard InChI is InChI=1S/C13H11BrF2N2O3/c1-5(4-19)18-12-6(13(20)21)3-17-8-2-7(15)10(14)11(16)9(8)12/h2-3,5,19H,4H2,1H3,(H,17,18)(H,20,21). The van der Waals surface area contributed by atoms with Crippen molar-refractivity contribution in [1.82, 2.24) is 4.98 Å².